The fourth-order valence-electron chi connectivity index (χ4n) is 1.52. The van der Waals surface area contributed by atoms with E-state index in [1.807, 2.05) is 19.9 Å². The summed E-state index contributed by atoms with van der Waals surface area (Å²) in [7, 11) is -1.80. The van der Waals surface area contributed by atoms with E-state index in [-0.39, 0.29) is 6.04 Å². The molecule has 0 aromatic carbocycles. The number of thiophene rings is 1. The zero-order chi connectivity index (χ0) is 14.3. The van der Waals surface area contributed by atoms with Gasteiger partial charge in [0, 0.05) is 31.2 Å². The number of ether oxygens (including phenoxy) is 1. The van der Waals surface area contributed by atoms with Crippen molar-refractivity contribution in [1.82, 2.24) is 10.0 Å². The van der Waals surface area contributed by atoms with Gasteiger partial charge in [-0.05, 0) is 32.0 Å². The first-order valence-electron chi connectivity index (χ1n) is 6.30. The van der Waals surface area contributed by atoms with E-state index in [0.717, 1.165) is 11.4 Å². The van der Waals surface area contributed by atoms with E-state index >= 15 is 0 Å². The van der Waals surface area contributed by atoms with Crippen LogP contribution in [0.25, 0.3) is 0 Å². The van der Waals surface area contributed by atoms with Gasteiger partial charge in [-0.3, -0.25) is 0 Å². The maximum absolute atomic E-state index is 12.1. The molecule has 2 N–H and O–H groups in total. The van der Waals surface area contributed by atoms with Crippen LogP contribution in [0.3, 0.4) is 0 Å². The first-order valence-corrected chi connectivity index (χ1v) is 8.60. The summed E-state index contributed by atoms with van der Waals surface area (Å²) in [4.78, 5) is 1.02. The van der Waals surface area contributed by atoms with Gasteiger partial charge in [0.25, 0.3) is 0 Å². The number of hydrogen-bond donors (Lipinski definition) is 2. The van der Waals surface area contributed by atoms with Crippen LogP contribution in [0.2, 0.25) is 0 Å². The van der Waals surface area contributed by atoms with Crippen molar-refractivity contribution in [3.8, 4) is 0 Å². The van der Waals surface area contributed by atoms with Crippen molar-refractivity contribution in [2.45, 2.75) is 37.1 Å². The zero-order valence-corrected chi connectivity index (χ0v) is 13.2. The molecule has 0 saturated heterocycles. The summed E-state index contributed by atoms with van der Waals surface area (Å²) in [6, 6.07) is 3.37. The SMILES string of the molecule is CCNCc1ccc(S(=O)(=O)NC(C)CCOC)s1. The Labute approximate surface area is 119 Å². The van der Waals surface area contributed by atoms with E-state index in [0.29, 0.717) is 23.8 Å². The Hall–Kier alpha value is -0.470. The molecule has 0 fully saturated rings. The average molecular weight is 306 g/mol. The number of methoxy groups -OCH3 is 1. The van der Waals surface area contributed by atoms with E-state index in [4.69, 9.17) is 4.74 Å². The molecule has 0 aliphatic rings. The van der Waals surface area contributed by atoms with Gasteiger partial charge in [0.15, 0.2) is 0 Å². The summed E-state index contributed by atoms with van der Waals surface area (Å²) in [6.45, 7) is 5.97. The second-order valence-corrected chi connectivity index (χ2v) is 7.41. The van der Waals surface area contributed by atoms with Gasteiger partial charge >= 0.3 is 0 Å². The van der Waals surface area contributed by atoms with Crippen molar-refractivity contribution in [2.75, 3.05) is 20.3 Å². The van der Waals surface area contributed by atoms with Gasteiger partial charge in [0.1, 0.15) is 4.21 Å². The third-order valence-corrected chi connectivity index (χ3v) is 5.73. The molecule has 110 valence electrons. The molecule has 1 unspecified atom stereocenters. The van der Waals surface area contributed by atoms with Crippen LogP contribution in [0.15, 0.2) is 16.3 Å². The Morgan fingerprint density at radius 3 is 2.79 bits per heavy atom. The van der Waals surface area contributed by atoms with Gasteiger partial charge in [-0.15, -0.1) is 11.3 Å². The highest BCUT2D eigenvalue weighted by Crippen LogP contribution is 2.21. The molecule has 0 amide bonds. The first-order chi connectivity index (χ1) is 8.99. The Kier molecular flexibility index (Phi) is 6.95. The summed E-state index contributed by atoms with van der Waals surface area (Å²) < 4.78 is 32.2. The van der Waals surface area contributed by atoms with Crippen LogP contribution in [-0.2, 0) is 21.3 Å². The van der Waals surface area contributed by atoms with Crippen LogP contribution in [0.1, 0.15) is 25.1 Å². The predicted octanol–water partition coefficient (Wildman–Crippen LogP) is 1.56. The van der Waals surface area contributed by atoms with Crippen LogP contribution in [0.5, 0.6) is 0 Å². The largest absolute Gasteiger partial charge is 0.385 e. The maximum Gasteiger partial charge on any atom is 0.250 e. The van der Waals surface area contributed by atoms with Crippen molar-refractivity contribution in [2.24, 2.45) is 0 Å². The quantitative estimate of drug-likeness (QED) is 0.726. The molecule has 1 heterocycles. The summed E-state index contributed by atoms with van der Waals surface area (Å²) >= 11 is 1.30. The van der Waals surface area contributed by atoms with Crippen molar-refractivity contribution in [3.63, 3.8) is 0 Å². The molecule has 5 nitrogen and oxygen atoms in total. The Balaban J connectivity index is 2.63. The molecule has 0 radical (unpaired) electrons. The minimum absolute atomic E-state index is 0.135. The lowest BCUT2D eigenvalue weighted by molar-refractivity contribution is 0.188. The molecule has 0 aliphatic carbocycles. The van der Waals surface area contributed by atoms with Gasteiger partial charge in [0.05, 0.1) is 0 Å². The van der Waals surface area contributed by atoms with Crippen LogP contribution in [0, 0.1) is 0 Å². The molecular formula is C12H22N2O3S2. The minimum Gasteiger partial charge on any atom is -0.385 e. The average Bonchev–Trinajstić information content (AvgIpc) is 2.83. The second kappa shape index (κ2) is 7.96. The lowest BCUT2D eigenvalue weighted by Crippen LogP contribution is -2.32. The van der Waals surface area contributed by atoms with Crippen molar-refractivity contribution in [1.29, 1.82) is 0 Å². The standard InChI is InChI=1S/C12H22N2O3S2/c1-4-13-9-11-5-6-12(18-11)19(15,16)14-10(2)7-8-17-3/h5-6,10,13-14H,4,7-9H2,1-3H3. The molecule has 0 saturated carbocycles. The number of hydrogen-bond acceptors (Lipinski definition) is 5. The van der Waals surface area contributed by atoms with Gasteiger partial charge in [0.2, 0.25) is 10.0 Å². The molecule has 0 spiro atoms. The Morgan fingerprint density at radius 1 is 1.42 bits per heavy atom. The fourth-order valence-corrected chi connectivity index (χ4v) is 4.14. The number of sulfonamides is 1. The van der Waals surface area contributed by atoms with Gasteiger partial charge < -0.3 is 10.1 Å². The molecule has 7 heteroatoms. The van der Waals surface area contributed by atoms with Crippen LogP contribution >= 0.6 is 11.3 Å². The summed E-state index contributed by atoms with van der Waals surface area (Å²) in [5.41, 5.74) is 0. The monoisotopic (exact) mass is 306 g/mol. The molecule has 0 aliphatic heterocycles. The van der Waals surface area contributed by atoms with Crippen LogP contribution < -0.4 is 10.0 Å². The molecule has 19 heavy (non-hydrogen) atoms. The lowest BCUT2D eigenvalue weighted by atomic mass is 10.3. The normalized spacial score (nSPS) is 13.6. The van der Waals surface area contributed by atoms with E-state index in [1.54, 1.807) is 13.2 Å². The molecule has 0 bridgehead atoms. The second-order valence-electron chi connectivity index (χ2n) is 4.30. The van der Waals surface area contributed by atoms with Gasteiger partial charge in [-0.1, -0.05) is 6.92 Å². The third-order valence-electron chi connectivity index (χ3n) is 2.56. The minimum atomic E-state index is -3.41. The molecular weight excluding hydrogens is 284 g/mol. The van der Waals surface area contributed by atoms with Gasteiger partial charge in [-0.2, -0.15) is 0 Å². The molecule has 1 aromatic heterocycles. The topological polar surface area (TPSA) is 67.4 Å². The number of rotatable bonds is 9. The van der Waals surface area contributed by atoms with E-state index in [9.17, 15) is 8.42 Å². The van der Waals surface area contributed by atoms with Crippen LogP contribution in [0.4, 0.5) is 0 Å². The van der Waals surface area contributed by atoms with Crippen molar-refractivity contribution < 1.29 is 13.2 Å². The fraction of sp³-hybridized carbons (Fsp3) is 0.667. The lowest BCUT2D eigenvalue weighted by Gasteiger charge is -2.12. The predicted molar refractivity (Wildman–Crippen MR) is 78.0 cm³/mol. The highest BCUT2D eigenvalue weighted by molar-refractivity contribution is 7.91. The highest BCUT2D eigenvalue weighted by Gasteiger charge is 2.19. The smallest absolute Gasteiger partial charge is 0.250 e. The van der Waals surface area contributed by atoms with E-state index < -0.39 is 10.0 Å². The Morgan fingerprint density at radius 2 is 2.16 bits per heavy atom. The molecule has 1 aromatic rings. The molecule has 1 rings (SSSR count). The Bertz CT molecular complexity index is 471. The summed E-state index contributed by atoms with van der Waals surface area (Å²) in [5, 5.41) is 3.18. The summed E-state index contributed by atoms with van der Waals surface area (Å²) in [6.07, 6.45) is 0.658. The van der Waals surface area contributed by atoms with Gasteiger partial charge in [-0.25, -0.2) is 13.1 Å². The van der Waals surface area contributed by atoms with Crippen molar-refractivity contribution in [3.05, 3.63) is 17.0 Å². The van der Waals surface area contributed by atoms with Crippen molar-refractivity contribution >= 4 is 21.4 Å². The van der Waals surface area contributed by atoms with Crippen LogP contribution in [-0.4, -0.2) is 34.7 Å². The zero-order valence-electron chi connectivity index (χ0n) is 11.6. The first kappa shape index (κ1) is 16.6. The highest BCUT2D eigenvalue weighted by atomic mass is 32.2. The van der Waals surface area contributed by atoms with E-state index in [1.165, 1.54) is 11.3 Å². The van der Waals surface area contributed by atoms with E-state index in [2.05, 4.69) is 10.0 Å². The maximum atomic E-state index is 12.1. The molecule has 1 atom stereocenters. The third kappa shape index (κ3) is 5.58. The number of nitrogens with one attached hydrogen (secondary N) is 2. The summed E-state index contributed by atoms with van der Waals surface area (Å²) in [5.74, 6) is 0.